The summed E-state index contributed by atoms with van der Waals surface area (Å²) in [6.45, 7) is 4.11. The van der Waals surface area contributed by atoms with Crippen molar-refractivity contribution in [2.45, 2.75) is 13.3 Å². The van der Waals surface area contributed by atoms with Crippen LogP contribution in [0.4, 0.5) is 17.1 Å². The summed E-state index contributed by atoms with van der Waals surface area (Å²) in [6.07, 6.45) is 0.873. The Bertz CT molecular complexity index is 618. The highest BCUT2D eigenvalue weighted by molar-refractivity contribution is 7.80. The van der Waals surface area contributed by atoms with Crippen molar-refractivity contribution >= 4 is 68.9 Å². The zero-order valence-electron chi connectivity index (χ0n) is 11.3. The van der Waals surface area contributed by atoms with Crippen LogP contribution in [-0.2, 0) is 16.1 Å². The van der Waals surface area contributed by atoms with Crippen LogP contribution in [-0.4, -0.2) is 24.9 Å². The van der Waals surface area contributed by atoms with Crippen LogP contribution >= 0.6 is 35.4 Å². The molecule has 0 bridgehead atoms. The minimum atomic E-state index is 0.457. The predicted octanol–water partition coefficient (Wildman–Crippen LogP) is 4.43. The number of hydrogen-bond acceptors (Lipinski definition) is 4. The van der Waals surface area contributed by atoms with Crippen molar-refractivity contribution in [3.8, 4) is 0 Å². The van der Waals surface area contributed by atoms with Gasteiger partial charge in [-0.1, -0.05) is 23.2 Å². The van der Waals surface area contributed by atoms with Gasteiger partial charge in [-0.3, -0.25) is 0 Å². The highest BCUT2D eigenvalue weighted by Gasteiger charge is 2.19. The van der Waals surface area contributed by atoms with Crippen LogP contribution < -0.4 is 10.6 Å². The summed E-state index contributed by atoms with van der Waals surface area (Å²) < 4.78 is 13.6. The highest BCUT2D eigenvalue weighted by Crippen LogP contribution is 2.47. The van der Waals surface area contributed by atoms with E-state index in [-0.39, 0.29) is 0 Å². The molecule has 21 heavy (non-hydrogen) atoms. The van der Waals surface area contributed by atoms with Crippen LogP contribution in [0.15, 0.2) is 14.8 Å². The van der Waals surface area contributed by atoms with Crippen molar-refractivity contribution in [3.05, 3.63) is 16.1 Å². The second-order valence-corrected chi connectivity index (χ2v) is 5.86. The molecule has 9 heteroatoms. The zero-order chi connectivity index (χ0) is 15.2. The summed E-state index contributed by atoms with van der Waals surface area (Å²) in [5.41, 5.74) is 1.86. The number of rotatable bonds is 6. The van der Waals surface area contributed by atoms with Gasteiger partial charge in [0.05, 0.1) is 27.1 Å². The van der Waals surface area contributed by atoms with E-state index in [1.54, 1.807) is 6.07 Å². The van der Waals surface area contributed by atoms with Crippen LogP contribution in [0.2, 0.25) is 10.0 Å². The molecule has 2 rings (SSSR count). The monoisotopic (exact) mass is 364 g/mol. The third kappa shape index (κ3) is 4.37. The lowest BCUT2D eigenvalue weighted by Crippen LogP contribution is -2.30. The fourth-order valence-corrected chi connectivity index (χ4v) is 3.03. The molecule has 0 unspecified atom stereocenters. The molecule has 2 N–H and O–H groups in total. The molecule has 0 aliphatic carbocycles. The van der Waals surface area contributed by atoms with Crippen LogP contribution in [0.25, 0.3) is 0 Å². The SMILES string of the molecule is CCOCCCNC(=S)Nc1c(Cl)cc(Cl)c2c1N=S=N2. The standard InChI is InChI=1S/C12H14Cl2N4OS2/c1-2-19-5-3-4-15-12(20)16-9-7(13)6-8(14)10-11(9)18-21-17-10/h6H,2-5H2,1H3,(H2,15,16,20). The lowest BCUT2D eigenvalue weighted by atomic mass is 10.2. The van der Waals surface area contributed by atoms with Crippen LogP contribution in [0.1, 0.15) is 13.3 Å². The Kier molecular flexibility index (Phi) is 6.38. The molecule has 0 radical (unpaired) electrons. The van der Waals surface area contributed by atoms with E-state index in [1.165, 1.54) is 0 Å². The Morgan fingerprint density at radius 1 is 1.33 bits per heavy atom. The molecule has 0 spiro atoms. The molecule has 114 valence electrons. The molecule has 0 atom stereocenters. The van der Waals surface area contributed by atoms with Gasteiger partial charge in [-0.25, -0.2) is 0 Å². The summed E-state index contributed by atoms with van der Waals surface area (Å²) >= 11 is 18.6. The summed E-state index contributed by atoms with van der Waals surface area (Å²) in [6, 6.07) is 1.63. The normalized spacial score (nSPS) is 12.0. The topological polar surface area (TPSA) is 58.0 Å². The van der Waals surface area contributed by atoms with E-state index < -0.39 is 0 Å². The molecular weight excluding hydrogens is 351 g/mol. The van der Waals surface area contributed by atoms with E-state index in [0.29, 0.717) is 38.8 Å². The highest BCUT2D eigenvalue weighted by atomic mass is 35.5. The summed E-state index contributed by atoms with van der Waals surface area (Å²) in [7, 11) is 0. The molecule has 0 saturated heterocycles. The fraction of sp³-hybridized carbons (Fsp3) is 0.417. The first-order valence-corrected chi connectivity index (χ1v) is 8.25. The molecule has 0 aromatic heterocycles. The summed E-state index contributed by atoms with van der Waals surface area (Å²) in [5, 5.41) is 7.55. The Morgan fingerprint density at radius 2 is 2.10 bits per heavy atom. The molecule has 0 fully saturated rings. The quantitative estimate of drug-likeness (QED) is 0.587. The Balaban J connectivity index is 1.96. The molecule has 1 heterocycles. The first kappa shape index (κ1) is 16.6. The molecular formula is C12H14Cl2N4OS2. The van der Waals surface area contributed by atoms with Gasteiger partial charge in [0.25, 0.3) is 0 Å². The zero-order valence-corrected chi connectivity index (χ0v) is 14.4. The van der Waals surface area contributed by atoms with Gasteiger partial charge in [-0.2, -0.15) is 8.73 Å². The number of nitrogens with zero attached hydrogens (tertiary/aromatic N) is 2. The summed E-state index contributed by atoms with van der Waals surface area (Å²) in [5.74, 6) is 0. The average molecular weight is 365 g/mol. The third-order valence-electron chi connectivity index (χ3n) is 2.64. The van der Waals surface area contributed by atoms with Crippen molar-refractivity contribution in [1.29, 1.82) is 0 Å². The number of fused-ring (bicyclic) bond motifs is 1. The second-order valence-electron chi connectivity index (χ2n) is 4.11. The molecule has 1 aliphatic heterocycles. The molecule has 5 nitrogen and oxygen atoms in total. The number of thiocarbonyl (C=S) groups is 1. The van der Waals surface area contributed by atoms with Crippen LogP contribution in [0.3, 0.4) is 0 Å². The number of nitrogens with one attached hydrogen (secondary N) is 2. The number of halogens is 2. The second kappa shape index (κ2) is 8.05. The average Bonchev–Trinajstić information content (AvgIpc) is 2.93. The fourth-order valence-electron chi connectivity index (χ4n) is 1.67. The van der Waals surface area contributed by atoms with Gasteiger partial charge in [0.1, 0.15) is 11.4 Å². The maximum absolute atomic E-state index is 6.19. The van der Waals surface area contributed by atoms with Gasteiger partial charge in [-0.05, 0) is 31.6 Å². The number of ether oxygens (including phenoxy) is 1. The first-order chi connectivity index (χ1) is 10.1. The van der Waals surface area contributed by atoms with Gasteiger partial charge in [0.2, 0.25) is 0 Å². The van der Waals surface area contributed by atoms with Gasteiger partial charge in [-0.15, -0.1) is 0 Å². The number of hydrogen-bond donors (Lipinski definition) is 2. The van der Waals surface area contributed by atoms with E-state index in [1.807, 2.05) is 6.92 Å². The van der Waals surface area contributed by atoms with Crippen LogP contribution in [0, 0.1) is 0 Å². The molecule has 1 aromatic carbocycles. The third-order valence-corrected chi connectivity index (χ3v) is 4.00. The Hall–Kier alpha value is -0.730. The maximum Gasteiger partial charge on any atom is 0.170 e. The van der Waals surface area contributed by atoms with E-state index in [0.717, 1.165) is 30.9 Å². The smallest absolute Gasteiger partial charge is 0.170 e. The number of anilines is 1. The van der Waals surface area contributed by atoms with E-state index in [9.17, 15) is 0 Å². The lowest BCUT2D eigenvalue weighted by Gasteiger charge is -2.14. The van der Waals surface area contributed by atoms with Crippen molar-refractivity contribution in [2.24, 2.45) is 8.73 Å². The Morgan fingerprint density at radius 3 is 2.86 bits per heavy atom. The van der Waals surface area contributed by atoms with Crippen molar-refractivity contribution in [2.75, 3.05) is 25.1 Å². The van der Waals surface area contributed by atoms with Crippen LogP contribution in [0.5, 0.6) is 0 Å². The molecule has 0 saturated carbocycles. The van der Waals surface area contributed by atoms with E-state index in [4.69, 9.17) is 40.2 Å². The van der Waals surface area contributed by atoms with E-state index in [2.05, 4.69) is 19.4 Å². The van der Waals surface area contributed by atoms with Crippen molar-refractivity contribution in [3.63, 3.8) is 0 Å². The van der Waals surface area contributed by atoms with E-state index >= 15 is 0 Å². The Labute approximate surface area is 142 Å². The minimum absolute atomic E-state index is 0.457. The van der Waals surface area contributed by atoms with Gasteiger partial charge >= 0.3 is 0 Å². The van der Waals surface area contributed by atoms with Gasteiger partial charge in [0, 0.05) is 19.8 Å². The molecule has 0 amide bonds. The predicted molar refractivity (Wildman–Crippen MR) is 93.3 cm³/mol. The van der Waals surface area contributed by atoms with Gasteiger partial charge in [0.15, 0.2) is 5.11 Å². The minimum Gasteiger partial charge on any atom is -0.382 e. The summed E-state index contributed by atoms with van der Waals surface area (Å²) in [4.78, 5) is 0. The largest absolute Gasteiger partial charge is 0.382 e. The molecule has 1 aromatic rings. The van der Waals surface area contributed by atoms with Gasteiger partial charge < -0.3 is 15.4 Å². The van der Waals surface area contributed by atoms with Crippen molar-refractivity contribution < 1.29 is 4.74 Å². The van der Waals surface area contributed by atoms with Crippen molar-refractivity contribution in [1.82, 2.24) is 5.32 Å². The maximum atomic E-state index is 6.19. The first-order valence-electron chi connectivity index (χ1n) is 6.36. The lowest BCUT2D eigenvalue weighted by molar-refractivity contribution is 0.146. The molecule has 1 aliphatic rings. The number of benzene rings is 1.